The summed E-state index contributed by atoms with van der Waals surface area (Å²) in [4.78, 5) is 23.4. The third-order valence-electron chi connectivity index (χ3n) is 2.70. The van der Waals surface area contributed by atoms with Gasteiger partial charge in [0.1, 0.15) is 4.92 Å². The maximum Gasteiger partial charge on any atom is 0.433 e. The molecule has 0 atom stereocenters. The summed E-state index contributed by atoms with van der Waals surface area (Å²) in [5, 5.41) is 19.0. The lowest BCUT2D eigenvalue weighted by atomic mass is 10.3. The largest absolute Gasteiger partial charge is 0.433 e. The van der Waals surface area contributed by atoms with Gasteiger partial charge in [-0.05, 0) is 18.9 Å². The number of nitro groups is 1. The van der Waals surface area contributed by atoms with Crippen molar-refractivity contribution in [2.24, 2.45) is 0 Å². The van der Waals surface area contributed by atoms with Crippen molar-refractivity contribution >= 4 is 11.8 Å². The minimum atomic E-state index is -0.687. The number of rotatable bonds is 5. The van der Waals surface area contributed by atoms with Gasteiger partial charge in [-0.1, -0.05) is 0 Å². The van der Waals surface area contributed by atoms with Gasteiger partial charge in [0.15, 0.2) is 5.76 Å². The van der Waals surface area contributed by atoms with Crippen LogP contribution in [0.15, 0.2) is 16.5 Å². The van der Waals surface area contributed by atoms with E-state index in [4.69, 9.17) is 9.68 Å². The highest BCUT2D eigenvalue weighted by molar-refractivity contribution is 5.92. The first-order chi connectivity index (χ1) is 8.63. The molecular weight excluding hydrogens is 238 g/mol. The number of nitrogens with zero attached hydrogens (tertiary/aromatic N) is 3. The van der Waals surface area contributed by atoms with Gasteiger partial charge in [-0.2, -0.15) is 5.26 Å². The molecule has 0 radical (unpaired) electrons. The Morgan fingerprint density at radius 1 is 1.61 bits per heavy atom. The molecule has 0 spiro atoms. The molecule has 1 aromatic heterocycles. The van der Waals surface area contributed by atoms with Crippen molar-refractivity contribution in [1.29, 1.82) is 5.26 Å². The molecule has 94 valence electrons. The van der Waals surface area contributed by atoms with E-state index in [-0.39, 0.29) is 24.1 Å². The van der Waals surface area contributed by atoms with Crippen molar-refractivity contribution < 1.29 is 14.1 Å². The summed E-state index contributed by atoms with van der Waals surface area (Å²) in [6.07, 6.45) is 2.05. The average molecular weight is 249 g/mol. The van der Waals surface area contributed by atoms with Gasteiger partial charge < -0.3 is 9.32 Å². The standard InChI is InChI=1S/C11H11N3O4/c12-6-1-7-13(8-2-3-8)11(15)9-4-5-10(18-9)14(16)17/h4-5,8H,1-3,7H2. The Morgan fingerprint density at radius 3 is 2.83 bits per heavy atom. The minimum Gasteiger partial charge on any atom is -0.395 e. The lowest BCUT2D eigenvalue weighted by Gasteiger charge is -2.19. The van der Waals surface area contributed by atoms with Crippen LogP contribution in [0.4, 0.5) is 5.88 Å². The van der Waals surface area contributed by atoms with Crippen LogP contribution in [0.1, 0.15) is 29.8 Å². The number of carbonyl (C=O) groups excluding carboxylic acids is 1. The van der Waals surface area contributed by atoms with Gasteiger partial charge >= 0.3 is 5.88 Å². The second-order valence-corrected chi connectivity index (χ2v) is 4.03. The molecule has 1 aliphatic rings. The molecule has 0 bridgehead atoms. The highest BCUT2D eigenvalue weighted by Crippen LogP contribution is 2.29. The zero-order valence-electron chi connectivity index (χ0n) is 9.54. The molecule has 0 unspecified atom stereocenters. The molecule has 1 saturated carbocycles. The second kappa shape index (κ2) is 4.87. The molecule has 18 heavy (non-hydrogen) atoms. The Hall–Kier alpha value is -2.36. The van der Waals surface area contributed by atoms with Crippen molar-refractivity contribution in [3.63, 3.8) is 0 Å². The SMILES string of the molecule is N#CCCN(C(=O)c1ccc([N+](=O)[O-])o1)C1CC1. The first-order valence-corrected chi connectivity index (χ1v) is 5.55. The Kier molecular flexibility index (Phi) is 3.28. The summed E-state index contributed by atoms with van der Waals surface area (Å²) < 4.78 is 4.87. The van der Waals surface area contributed by atoms with Crippen LogP contribution in [0.3, 0.4) is 0 Å². The van der Waals surface area contributed by atoms with Crippen molar-refractivity contribution in [1.82, 2.24) is 4.90 Å². The zero-order chi connectivity index (χ0) is 13.1. The van der Waals surface area contributed by atoms with E-state index < -0.39 is 10.8 Å². The fraction of sp³-hybridized carbons (Fsp3) is 0.455. The molecule has 7 heteroatoms. The molecule has 7 nitrogen and oxygen atoms in total. The summed E-state index contributed by atoms with van der Waals surface area (Å²) in [5.41, 5.74) is 0. The van der Waals surface area contributed by atoms with Crippen molar-refractivity contribution in [2.75, 3.05) is 6.54 Å². The molecule has 1 aromatic rings. The summed E-state index contributed by atoms with van der Waals surface area (Å²) in [6.45, 7) is 0.328. The smallest absolute Gasteiger partial charge is 0.395 e. The molecule has 1 aliphatic carbocycles. The summed E-state index contributed by atoms with van der Waals surface area (Å²) >= 11 is 0. The van der Waals surface area contributed by atoms with Crippen LogP contribution in [0, 0.1) is 21.4 Å². The predicted octanol–water partition coefficient (Wildman–Crippen LogP) is 1.71. The van der Waals surface area contributed by atoms with Crippen molar-refractivity contribution in [2.45, 2.75) is 25.3 Å². The van der Waals surface area contributed by atoms with Crippen molar-refractivity contribution in [3.8, 4) is 6.07 Å². The first-order valence-electron chi connectivity index (χ1n) is 5.55. The van der Waals surface area contributed by atoms with Crippen LogP contribution < -0.4 is 0 Å². The highest BCUT2D eigenvalue weighted by Gasteiger charge is 2.34. The van der Waals surface area contributed by atoms with E-state index in [9.17, 15) is 14.9 Å². The average Bonchev–Trinajstić information content (AvgIpc) is 3.05. The van der Waals surface area contributed by atoms with E-state index in [0.29, 0.717) is 6.54 Å². The lowest BCUT2D eigenvalue weighted by Crippen LogP contribution is -2.33. The quantitative estimate of drug-likeness (QED) is 0.584. The monoisotopic (exact) mass is 249 g/mol. The maximum atomic E-state index is 12.1. The molecule has 2 rings (SSSR count). The Balaban J connectivity index is 2.11. The fourth-order valence-electron chi connectivity index (χ4n) is 1.69. The fourth-order valence-corrected chi connectivity index (χ4v) is 1.69. The molecule has 1 heterocycles. The van der Waals surface area contributed by atoms with Crippen LogP contribution in [0.25, 0.3) is 0 Å². The van der Waals surface area contributed by atoms with E-state index in [1.807, 2.05) is 6.07 Å². The van der Waals surface area contributed by atoms with Crippen LogP contribution >= 0.6 is 0 Å². The third-order valence-corrected chi connectivity index (χ3v) is 2.70. The molecular formula is C11H11N3O4. The Bertz CT molecular complexity index is 513. The van der Waals surface area contributed by atoms with Crippen LogP contribution in [-0.2, 0) is 0 Å². The number of nitriles is 1. The third kappa shape index (κ3) is 2.48. The van der Waals surface area contributed by atoms with Gasteiger partial charge in [-0.25, -0.2) is 0 Å². The minimum absolute atomic E-state index is 0.0495. The number of hydrogen-bond acceptors (Lipinski definition) is 5. The summed E-state index contributed by atoms with van der Waals surface area (Å²) in [7, 11) is 0. The topological polar surface area (TPSA) is 100 Å². The maximum absolute atomic E-state index is 12.1. The van der Waals surface area contributed by atoms with Crippen molar-refractivity contribution in [3.05, 3.63) is 28.0 Å². The molecule has 0 aliphatic heterocycles. The normalized spacial score (nSPS) is 13.9. The number of hydrogen-bond donors (Lipinski definition) is 0. The van der Waals surface area contributed by atoms with Gasteiger partial charge in [0.25, 0.3) is 5.91 Å². The zero-order valence-corrected chi connectivity index (χ0v) is 9.54. The van der Waals surface area contributed by atoms with Gasteiger partial charge in [0, 0.05) is 12.6 Å². The molecule has 0 N–H and O–H groups in total. The highest BCUT2D eigenvalue weighted by atomic mass is 16.6. The number of carbonyl (C=O) groups is 1. The number of furan rings is 1. The Morgan fingerprint density at radius 2 is 2.33 bits per heavy atom. The van der Waals surface area contributed by atoms with E-state index in [2.05, 4.69) is 0 Å². The number of amides is 1. The predicted molar refractivity (Wildman–Crippen MR) is 59.7 cm³/mol. The Labute approximate surface area is 103 Å². The molecule has 1 fully saturated rings. The molecule has 0 aromatic carbocycles. The van der Waals surface area contributed by atoms with Gasteiger partial charge in [0.2, 0.25) is 0 Å². The van der Waals surface area contributed by atoms with Gasteiger partial charge in [-0.15, -0.1) is 0 Å². The van der Waals surface area contributed by atoms with Crippen LogP contribution in [0.5, 0.6) is 0 Å². The second-order valence-electron chi connectivity index (χ2n) is 4.03. The lowest BCUT2D eigenvalue weighted by molar-refractivity contribution is -0.402. The van der Waals surface area contributed by atoms with E-state index in [1.54, 1.807) is 4.90 Å². The van der Waals surface area contributed by atoms with E-state index in [1.165, 1.54) is 6.07 Å². The first kappa shape index (κ1) is 12.1. The van der Waals surface area contributed by atoms with Gasteiger partial charge in [0.05, 0.1) is 18.6 Å². The van der Waals surface area contributed by atoms with E-state index in [0.717, 1.165) is 18.9 Å². The van der Waals surface area contributed by atoms with Crippen LogP contribution in [-0.4, -0.2) is 28.3 Å². The summed E-state index contributed by atoms with van der Waals surface area (Å²) in [6, 6.07) is 4.56. The molecule has 1 amide bonds. The summed E-state index contributed by atoms with van der Waals surface area (Å²) in [5.74, 6) is -0.887. The molecule has 0 saturated heterocycles. The van der Waals surface area contributed by atoms with E-state index >= 15 is 0 Å². The van der Waals surface area contributed by atoms with Crippen LogP contribution in [0.2, 0.25) is 0 Å². The van der Waals surface area contributed by atoms with Gasteiger partial charge in [-0.3, -0.25) is 14.9 Å².